The van der Waals surface area contributed by atoms with Gasteiger partial charge in [0.05, 0.1) is 11.4 Å². The molecule has 4 N–H and O–H groups in total. The summed E-state index contributed by atoms with van der Waals surface area (Å²) in [6.07, 6.45) is 10.6. The highest BCUT2D eigenvalue weighted by molar-refractivity contribution is 6.03. The molecule has 1 saturated carbocycles. The first-order valence-corrected chi connectivity index (χ1v) is 11.4. The molecule has 0 bridgehead atoms. The molecule has 1 aliphatic rings. The van der Waals surface area contributed by atoms with Crippen LogP contribution in [0.4, 0.5) is 11.4 Å². The molecule has 0 aliphatic heterocycles. The minimum Gasteiger partial charge on any atom is -0.386 e. The zero-order valence-electron chi connectivity index (χ0n) is 19.5. The number of allylic oxidation sites excluding steroid dienone is 2. The van der Waals surface area contributed by atoms with E-state index in [2.05, 4.69) is 34.4 Å². The number of carbonyl (C=O) groups excluding carboxylic acids is 2. The Labute approximate surface area is 201 Å². The molecule has 0 heterocycles. The Morgan fingerprint density at radius 1 is 1.06 bits per heavy atom. The maximum atomic E-state index is 12.9. The average Bonchev–Trinajstić information content (AvgIpc) is 3.68. The molecule has 1 atom stereocenters. The Kier molecular flexibility index (Phi) is 9.00. The molecule has 3 rings (SSSR count). The third-order valence-electron chi connectivity index (χ3n) is 5.45. The summed E-state index contributed by atoms with van der Waals surface area (Å²) in [5.41, 5.74) is 4.21. The van der Waals surface area contributed by atoms with Crippen molar-refractivity contribution in [3.8, 4) is 0 Å². The van der Waals surface area contributed by atoms with Crippen molar-refractivity contribution in [3.05, 3.63) is 103 Å². The van der Waals surface area contributed by atoms with Gasteiger partial charge in [0.25, 0.3) is 0 Å². The van der Waals surface area contributed by atoms with Crippen molar-refractivity contribution in [2.75, 3.05) is 24.2 Å². The van der Waals surface area contributed by atoms with E-state index in [0.717, 1.165) is 40.9 Å². The normalized spacial score (nSPS) is 14.3. The molecule has 0 saturated heterocycles. The van der Waals surface area contributed by atoms with Gasteiger partial charge in [-0.15, -0.1) is 0 Å². The fourth-order valence-corrected chi connectivity index (χ4v) is 3.41. The summed E-state index contributed by atoms with van der Waals surface area (Å²) in [5, 5.41) is 12.3. The molecule has 0 aromatic heterocycles. The summed E-state index contributed by atoms with van der Waals surface area (Å²) < 4.78 is 0. The molecule has 176 valence electrons. The lowest BCUT2D eigenvalue weighted by Gasteiger charge is -2.19. The predicted molar refractivity (Wildman–Crippen MR) is 140 cm³/mol. The van der Waals surface area contributed by atoms with Crippen LogP contribution in [0.2, 0.25) is 0 Å². The van der Waals surface area contributed by atoms with E-state index < -0.39 is 6.04 Å². The highest BCUT2D eigenvalue weighted by Gasteiger charge is 2.29. The van der Waals surface area contributed by atoms with Crippen LogP contribution >= 0.6 is 0 Å². The molecule has 1 aliphatic carbocycles. The van der Waals surface area contributed by atoms with Gasteiger partial charge in [-0.25, -0.2) is 0 Å². The zero-order chi connectivity index (χ0) is 24.3. The van der Waals surface area contributed by atoms with Crippen LogP contribution in [0.1, 0.15) is 30.0 Å². The number of benzene rings is 2. The molecule has 1 fully saturated rings. The Bertz CT molecular complexity index is 1080. The Balaban J connectivity index is 1.64. The average molecular weight is 457 g/mol. The highest BCUT2D eigenvalue weighted by Crippen LogP contribution is 2.25. The molecule has 1 unspecified atom stereocenters. The largest absolute Gasteiger partial charge is 0.386 e. The van der Waals surface area contributed by atoms with Crippen molar-refractivity contribution < 1.29 is 9.59 Å². The zero-order valence-corrected chi connectivity index (χ0v) is 19.5. The van der Waals surface area contributed by atoms with Gasteiger partial charge in [0.15, 0.2) is 0 Å². The number of carbonyl (C=O) groups is 2. The van der Waals surface area contributed by atoms with Gasteiger partial charge >= 0.3 is 0 Å². The molecule has 2 aromatic rings. The van der Waals surface area contributed by atoms with Gasteiger partial charge in [0, 0.05) is 25.7 Å². The van der Waals surface area contributed by atoms with Crippen LogP contribution in [-0.4, -0.2) is 31.4 Å². The fourth-order valence-electron chi connectivity index (χ4n) is 3.41. The van der Waals surface area contributed by atoms with Crippen LogP contribution in [0.25, 0.3) is 6.08 Å². The maximum Gasteiger partial charge on any atom is 0.248 e. The van der Waals surface area contributed by atoms with Crippen LogP contribution in [0, 0.1) is 0 Å². The van der Waals surface area contributed by atoms with Crippen LogP contribution in [-0.2, 0) is 9.59 Å². The van der Waals surface area contributed by atoms with Gasteiger partial charge in [0.2, 0.25) is 11.8 Å². The van der Waals surface area contributed by atoms with E-state index in [0.29, 0.717) is 12.6 Å². The second-order valence-electron chi connectivity index (χ2n) is 8.06. The van der Waals surface area contributed by atoms with Gasteiger partial charge < -0.3 is 16.0 Å². The SMILES string of the molecule is C=C/C=C(\C=C)CNC(=O)C(NC1CC1)c1ccc(/C=C/C(=O)Nc2ccccc2NC)cc1. The first kappa shape index (κ1) is 24.7. The van der Waals surface area contributed by atoms with E-state index in [-0.39, 0.29) is 11.8 Å². The molecule has 6 heteroatoms. The molecule has 2 amide bonds. The van der Waals surface area contributed by atoms with Crippen LogP contribution in [0.15, 0.2) is 91.6 Å². The topological polar surface area (TPSA) is 82.3 Å². The number of rotatable bonds is 12. The first-order chi connectivity index (χ1) is 16.5. The molecule has 34 heavy (non-hydrogen) atoms. The molecule has 2 aromatic carbocycles. The predicted octanol–water partition coefficient (Wildman–Crippen LogP) is 4.59. The lowest BCUT2D eigenvalue weighted by atomic mass is 10.0. The van der Waals surface area contributed by atoms with Gasteiger partial charge in [0.1, 0.15) is 6.04 Å². The maximum absolute atomic E-state index is 12.9. The summed E-state index contributed by atoms with van der Waals surface area (Å²) in [6.45, 7) is 7.85. The van der Waals surface area contributed by atoms with E-state index >= 15 is 0 Å². The number of amides is 2. The minimum atomic E-state index is -0.443. The van der Waals surface area contributed by atoms with Gasteiger partial charge in [-0.1, -0.05) is 67.8 Å². The molecule has 0 radical (unpaired) electrons. The van der Waals surface area contributed by atoms with Crippen molar-refractivity contribution in [1.82, 2.24) is 10.6 Å². The smallest absolute Gasteiger partial charge is 0.248 e. The Hall–Kier alpha value is -3.90. The van der Waals surface area contributed by atoms with Gasteiger partial charge in [-0.05, 0) is 47.8 Å². The standard InChI is InChI=1S/C28H32N4O2/c1-4-8-20(5-2)19-30-28(34)27(31-23-16-17-23)22-14-11-21(12-15-22)13-18-26(33)32-25-10-7-6-9-24(25)29-3/h4-15,18,23,27,29,31H,1-2,16-17,19H2,3H3,(H,30,34)(H,32,33)/b18-13+,20-8+. The van der Waals surface area contributed by atoms with Gasteiger partial charge in [-0.3, -0.25) is 14.9 Å². The summed E-state index contributed by atoms with van der Waals surface area (Å²) >= 11 is 0. The van der Waals surface area contributed by atoms with E-state index in [9.17, 15) is 9.59 Å². The van der Waals surface area contributed by atoms with Crippen molar-refractivity contribution in [2.24, 2.45) is 0 Å². The number of hydrogen-bond acceptors (Lipinski definition) is 4. The summed E-state index contributed by atoms with van der Waals surface area (Å²) in [7, 11) is 1.81. The van der Waals surface area contributed by atoms with E-state index in [1.54, 1.807) is 18.2 Å². The lowest BCUT2D eigenvalue weighted by molar-refractivity contribution is -0.123. The van der Waals surface area contributed by atoms with Crippen molar-refractivity contribution >= 4 is 29.3 Å². The second kappa shape index (κ2) is 12.4. The fraction of sp³-hybridized carbons (Fsp3) is 0.214. The third-order valence-corrected chi connectivity index (χ3v) is 5.45. The number of nitrogens with one attached hydrogen (secondary N) is 4. The highest BCUT2D eigenvalue weighted by atomic mass is 16.2. The Morgan fingerprint density at radius 2 is 1.76 bits per heavy atom. The molecular formula is C28H32N4O2. The van der Waals surface area contributed by atoms with E-state index in [1.807, 2.05) is 61.7 Å². The number of hydrogen-bond donors (Lipinski definition) is 4. The second-order valence-corrected chi connectivity index (χ2v) is 8.06. The van der Waals surface area contributed by atoms with Crippen molar-refractivity contribution in [2.45, 2.75) is 24.9 Å². The van der Waals surface area contributed by atoms with Crippen LogP contribution in [0.5, 0.6) is 0 Å². The van der Waals surface area contributed by atoms with E-state index in [4.69, 9.17) is 0 Å². The molecule has 6 nitrogen and oxygen atoms in total. The van der Waals surface area contributed by atoms with E-state index in [1.165, 1.54) is 6.08 Å². The number of anilines is 2. The van der Waals surface area contributed by atoms with Crippen molar-refractivity contribution in [3.63, 3.8) is 0 Å². The minimum absolute atomic E-state index is 0.0884. The molecular weight excluding hydrogens is 424 g/mol. The van der Waals surface area contributed by atoms with Gasteiger partial charge in [-0.2, -0.15) is 0 Å². The van der Waals surface area contributed by atoms with Crippen molar-refractivity contribution in [1.29, 1.82) is 0 Å². The first-order valence-electron chi connectivity index (χ1n) is 11.4. The monoisotopic (exact) mass is 456 g/mol. The van der Waals surface area contributed by atoms with Crippen LogP contribution < -0.4 is 21.3 Å². The summed E-state index contributed by atoms with van der Waals surface area (Å²) in [6, 6.07) is 15.1. The Morgan fingerprint density at radius 3 is 2.38 bits per heavy atom. The third kappa shape index (κ3) is 7.32. The quantitative estimate of drug-likeness (QED) is 0.278. The lowest BCUT2D eigenvalue weighted by Crippen LogP contribution is -2.39. The molecule has 0 spiro atoms. The number of para-hydroxylation sites is 2. The summed E-state index contributed by atoms with van der Waals surface area (Å²) in [4.78, 5) is 25.3. The summed E-state index contributed by atoms with van der Waals surface area (Å²) in [5.74, 6) is -0.306. The van der Waals surface area contributed by atoms with Crippen LogP contribution in [0.3, 0.4) is 0 Å².